The van der Waals surface area contributed by atoms with E-state index in [2.05, 4.69) is 4.98 Å². The Labute approximate surface area is 93.0 Å². The lowest BCUT2D eigenvalue weighted by Gasteiger charge is -2.27. The maximum absolute atomic E-state index is 5.86. The molecule has 0 spiro atoms. The molecule has 0 saturated carbocycles. The molecule has 2 aromatic rings. The zero-order valence-electron chi connectivity index (χ0n) is 8.72. The Morgan fingerprint density at radius 3 is 2.94 bits per heavy atom. The third-order valence-electron chi connectivity index (χ3n) is 2.66. The van der Waals surface area contributed by atoms with Gasteiger partial charge in [0.05, 0.1) is 24.4 Å². The molecule has 0 aliphatic carbocycles. The summed E-state index contributed by atoms with van der Waals surface area (Å²) in [6.07, 6.45) is 1.88. The first-order valence-electron chi connectivity index (χ1n) is 5.22. The van der Waals surface area contributed by atoms with Crippen LogP contribution in [-0.2, 0) is 4.74 Å². The Morgan fingerprint density at radius 1 is 1.31 bits per heavy atom. The van der Waals surface area contributed by atoms with Crippen molar-refractivity contribution in [2.75, 3.05) is 18.9 Å². The third-order valence-corrected chi connectivity index (χ3v) is 2.66. The molecule has 16 heavy (non-hydrogen) atoms. The molecule has 1 aromatic heterocycles. The molecule has 0 bridgehead atoms. The van der Waals surface area contributed by atoms with Crippen molar-refractivity contribution in [3.8, 4) is 5.75 Å². The molecule has 2 heterocycles. The van der Waals surface area contributed by atoms with E-state index in [9.17, 15) is 0 Å². The molecule has 1 fully saturated rings. The molecule has 1 aliphatic rings. The molecular formula is C12H12N2O2. The summed E-state index contributed by atoms with van der Waals surface area (Å²) in [5, 5.41) is 0.953. The number of anilines is 1. The Hall–Kier alpha value is -1.81. The second kappa shape index (κ2) is 3.64. The van der Waals surface area contributed by atoms with Crippen LogP contribution in [0.3, 0.4) is 0 Å². The molecular weight excluding hydrogens is 204 g/mol. The number of aromatic nitrogens is 1. The number of para-hydroxylation sites is 1. The summed E-state index contributed by atoms with van der Waals surface area (Å²) < 4.78 is 10.9. The minimum absolute atomic E-state index is 0.159. The Balaban J connectivity index is 2.06. The fourth-order valence-electron chi connectivity index (χ4n) is 1.74. The zero-order chi connectivity index (χ0) is 11.0. The first-order chi connectivity index (χ1) is 7.84. The summed E-state index contributed by atoms with van der Waals surface area (Å²) in [6.45, 7) is 1.32. The average molecular weight is 216 g/mol. The van der Waals surface area contributed by atoms with E-state index in [1.54, 1.807) is 6.20 Å². The number of fused-ring (bicyclic) bond motifs is 1. The largest absolute Gasteiger partial charge is 0.485 e. The fraction of sp³-hybridized carbons (Fsp3) is 0.250. The van der Waals surface area contributed by atoms with Crippen LogP contribution in [0.2, 0.25) is 0 Å². The number of rotatable bonds is 2. The molecule has 4 heteroatoms. The number of pyridine rings is 1. The van der Waals surface area contributed by atoms with Crippen molar-refractivity contribution in [3.05, 3.63) is 30.5 Å². The molecule has 1 saturated heterocycles. The predicted octanol–water partition coefficient (Wildman–Crippen LogP) is 1.59. The number of nitrogens with zero attached hydrogens (tertiary/aromatic N) is 1. The standard InChI is InChI=1S/C12H12N2O2/c13-10-3-1-2-9-11(4-5-14-12(9)10)16-8-6-15-7-8/h1-5,8H,6-7,13H2. The van der Waals surface area contributed by atoms with Gasteiger partial charge in [-0.15, -0.1) is 0 Å². The smallest absolute Gasteiger partial charge is 0.145 e. The fourth-order valence-corrected chi connectivity index (χ4v) is 1.74. The number of hydrogen-bond donors (Lipinski definition) is 1. The minimum atomic E-state index is 0.159. The van der Waals surface area contributed by atoms with E-state index in [-0.39, 0.29) is 6.10 Å². The third kappa shape index (κ3) is 1.47. The first-order valence-corrected chi connectivity index (χ1v) is 5.22. The van der Waals surface area contributed by atoms with Gasteiger partial charge >= 0.3 is 0 Å². The molecule has 0 atom stereocenters. The normalized spacial score (nSPS) is 16.0. The van der Waals surface area contributed by atoms with Gasteiger partial charge in [-0.3, -0.25) is 4.98 Å². The monoisotopic (exact) mass is 216 g/mol. The second-order valence-corrected chi connectivity index (χ2v) is 3.83. The van der Waals surface area contributed by atoms with E-state index in [0.717, 1.165) is 16.7 Å². The van der Waals surface area contributed by atoms with Crippen LogP contribution in [-0.4, -0.2) is 24.3 Å². The van der Waals surface area contributed by atoms with Crippen molar-refractivity contribution in [2.24, 2.45) is 0 Å². The molecule has 1 aliphatic heterocycles. The van der Waals surface area contributed by atoms with Gasteiger partial charge in [-0.05, 0) is 18.2 Å². The molecule has 4 nitrogen and oxygen atoms in total. The van der Waals surface area contributed by atoms with Gasteiger partial charge < -0.3 is 15.2 Å². The highest BCUT2D eigenvalue weighted by Crippen LogP contribution is 2.28. The lowest BCUT2D eigenvalue weighted by atomic mass is 10.2. The highest BCUT2D eigenvalue weighted by Gasteiger charge is 2.21. The van der Waals surface area contributed by atoms with Crippen LogP contribution in [0.1, 0.15) is 0 Å². The Morgan fingerprint density at radius 2 is 2.19 bits per heavy atom. The summed E-state index contributed by atoms with van der Waals surface area (Å²) in [5.74, 6) is 0.825. The lowest BCUT2D eigenvalue weighted by molar-refractivity contribution is -0.0791. The van der Waals surface area contributed by atoms with E-state index in [4.69, 9.17) is 15.2 Å². The van der Waals surface area contributed by atoms with Crippen LogP contribution in [0.4, 0.5) is 5.69 Å². The van der Waals surface area contributed by atoms with Crippen molar-refractivity contribution in [1.29, 1.82) is 0 Å². The van der Waals surface area contributed by atoms with Crippen LogP contribution in [0.25, 0.3) is 10.9 Å². The number of ether oxygens (including phenoxy) is 2. The topological polar surface area (TPSA) is 57.4 Å². The van der Waals surface area contributed by atoms with Crippen LogP contribution < -0.4 is 10.5 Å². The Bertz CT molecular complexity index is 523. The van der Waals surface area contributed by atoms with Crippen molar-refractivity contribution in [3.63, 3.8) is 0 Å². The zero-order valence-corrected chi connectivity index (χ0v) is 8.72. The maximum atomic E-state index is 5.86. The quantitative estimate of drug-likeness (QED) is 0.774. The highest BCUT2D eigenvalue weighted by molar-refractivity contribution is 5.93. The molecule has 3 rings (SSSR count). The molecule has 1 aromatic carbocycles. The van der Waals surface area contributed by atoms with Crippen LogP contribution in [0, 0.1) is 0 Å². The summed E-state index contributed by atoms with van der Waals surface area (Å²) in [5.41, 5.74) is 7.33. The van der Waals surface area contributed by atoms with Crippen molar-refractivity contribution in [1.82, 2.24) is 4.98 Å². The van der Waals surface area contributed by atoms with Gasteiger partial charge in [-0.1, -0.05) is 6.07 Å². The van der Waals surface area contributed by atoms with Gasteiger partial charge in [0.2, 0.25) is 0 Å². The van der Waals surface area contributed by atoms with Crippen molar-refractivity contribution < 1.29 is 9.47 Å². The van der Waals surface area contributed by atoms with Gasteiger partial charge in [0.1, 0.15) is 11.9 Å². The molecule has 0 unspecified atom stereocenters. The average Bonchev–Trinajstić information content (AvgIpc) is 2.24. The summed E-state index contributed by atoms with van der Waals surface area (Å²) in [7, 11) is 0. The highest BCUT2D eigenvalue weighted by atomic mass is 16.6. The van der Waals surface area contributed by atoms with Gasteiger partial charge in [-0.2, -0.15) is 0 Å². The summed E-state index contributed by atoms with van der Waals surface area (Å²) >= 11 is 0. The van der Waals surface area contributed by atoms with E-state index >= 15 is 0 Å². The van der Waals surface area contributed by atoms with Gasteiger partial charge in [0, 0.05) is 11.6 Å². The number of nitrogen functional groups attached to an aromatic ring is 1. The number of hydrogen-bond acceptors (Lipinski definition) is 4. The number of nitrogens with two attached hydrogens (primary N) is 1. The summed E-state index contributed by atoms with van der Waals surface area (Å²) in [4.78, 5) is 4.26. The maximum Gasteiger partial charge on any atom is 0.145 e. The van der Waals surface area contributed by atoms with E-state index in [1.807, 2.05) is 24.3 Å². The van der Waals surface area contributed by atoms with Crippen molar-refractivity contribution in [2.45, 2.75) is 6.10 Å². The molecule has 0 amide bonds. The molecule has 0 radical (unpaired) electrons. The van der Waals surface area contributed by atoms with Crippen molar-refractivity contribution >= 4 is 16.6 Å². The minimum Gasteiger partial charge on any atom is -0.485 e. The van der Waals surface area contributed by atoms with Gasteiger partial charge in [-0.25, -0.2) is 0 Å². The van der Waals surface area contributed by atoms with Gasteiger partial charge in [0.15, 0.2) is 0 Å². The summed E-state index contributed by atoms with van der Waals surface area (Å²) in [6, 6.07) is 7.57. The van der Waals surface area contributed by atoms with Gasteiger partial charge in [0.25, 0.3) is 0 Å². The first kappa shape index (κ1) is 9.42. The van der Waals surface area contributed by atoms with Crippen LogP contribution in [0.15, 0.2) is 30.5 Å². The lowest BCUT2D eigenvalue weighted by Crippen LogP contribution is -2.38. The van der Waals surface area contributed by atoms with E-state index in [0.29, 0.717) is 18.9 Å². The predicted molar refractivity (Wildman–Crippen MR) is 61.4 cm³/mol. The molecule has 82 valence electrons. The van der Waals surface area contributed by atoms with Crippen LogP contribution in [0.5, 0.6) is 5.75 Å². The second-order valence-electron chi connectivity index (χ2n) is 3.83. The number of benzene rings is 1. The molecule has 2 N–H and O–H groups in total. The SMILES string of the molecule is Nc1cccc2c(OC3COC3)ccnc12. The van der Waals surface area contributed by atoms with E-state index < -0.39 is 0 Å². The van der Waals surface area contributed by atoms with Crippen LogP contribution >= 0.6 is 0 Å². The van der Waals surface area contributed by atoms with E-state index in [1.165, 1.54) is 0 Å². The Kier molecular flexibility index (Phi) is 2.15.